The molecule has 362 valence electrons. The quantitative estimate of drug-likeness (QED) is 0.0386. The summed E-state index contributed by atoms with van der Waals surface area (Å²) in [4.78, 5) is 87.8. The first-order valence-corrected chi connectivity index (χ1v) is 21.9. The third-order valence-electron chi connectivity index (χ3n) is 11.6. The Morgan fingerprint density at radius 3 is 2.59 bits per heavy atom. The molecule has 2 fully saturated rings. The van der Waals surface area contributed by atoms with Crippen LogP contribution in [0, 0.1) is 0 Å². The number of alkyl halides is 5. The molecule has 5 aromatic rings. The maximum atomic E-state index is 14.1. The predicted molar refractivity (Wildman–Crippen MR) is 233 cm³/mol. The van der Waals surface area contributed by atoms with Crippen LogP contribution >= 0.6 is 0 Å². The van der Waals surface area contributed by atoms with Crippen LogP contribution in [0.1, 0.15) is 91.3 Å². The van der Waals surface area contributed by atoms with Crippen molar-refractivity contribution in [2.75, 3.05) is 56.6 Å². The summed E-state index contributed by atoms with van der Waals surface area (Å²) in [5.41, 5.74) is 0.756. The number of carbonyl (C=O) groups excluding carboxylic acids is 6. The SMILES string of the molecule is O=C1CCC(N2C(=O)c3cccc(CCCOCCN4CCO[C@H](CCC(=O)c5ccc(-n6cc(NC(=O)c7coc(-c8ccnc(NCC(F)(F)F)c8)n7)c(C(F)F)n6)cc5)C4)c3C2=O)C(=O)N1. The molecular weight excluding hydrogens is 918 g/mol. The van der Waals surface area contributed by atoms with Crippen LogP contribution in [0.5, 0.6) is 0 Å². The number of piperidine rings is 1. The Morgan fingerprint density at radius 2 is 1.83 bits per heavy atom. The number of morpholine rings is 1. The number of ketones is 1. The van der Waals surface area contributed by atoms with Crippen molar-refractivity contribution >= 4 is 46.8 Å². The molecule has 18 nitrogen and oxygen atoms in total. The van der Waals surface area contributed by atoms with Crippen LogP contribution in [0.15, 0.2) is 77.7 Å². The van der Waals surface area contributed by atoms with Crippen LogP contribution in [-0.4, -0.2) is 129 Å². The van der Waals surface area contributed by atoms with Gasteiger partial charge in [-0.2, -0.15) is 18.3 Å². The molecule has 5 amide bonds. The van der Waals surface area contributed by atoms with Crippen LogP contribution in [0.2, 0.25) is 0 Å². The molecule has 6 heterocycles. The second kappa shape index (κ2) is 21.0. The van der Waals surface area contributed by atoms with Crippen molar-refractivity contribution in [1.82, 2.24) is 34.9 Å². The lowest BCUT2D eigenvalue weighted by molar-refractivity contribution is -0.136. The zero-order valence-electron chi connectivity index (χ0n) is 36.6. The highest BCUT2D eigenvalue weighted by Gasteiger charge is 2.45. The van der Waals surface area contributed by atoms with Gasteiger partial charge in [0.05, 0.1) is 48.0 Å². The Balaban J connectivity index is 0.771. The lowest BCUT2D eigenvalue weighted by atomic mass is 9.99. The molecule has 0 aliphatic carbocycles. The van der Waals surface area contributed by atoms with E-state index >= 15 is 0 Å². The smallest absolute Gasteiger partial charge is 0.405 e. The average Bonchev–Trinajstić information content (AvgIpc) is 4.06. The largest absolute Gasteiger partial charge is 0.444 e. The topological polar surface area (TPSA) is 220 Å². The van der Waals surface area contributed by atoms with Gasteiger partial charge in [-0.05, 0) is 73.7 Å². The van der Waals surface area contributed by atoms with E-state index in [9.17, 15) is 50.7 Å². The molecule has 2 atom stereocenters. The van der Waals surface area contributed by atoms with Crippen molar-refractivity contribution < 1.29 is 64.6 Å². The monoisotopic (exact) mass is 961 g/mol. The van der Waals surface area contributed by atoms with E-state index in [2.05, 4.69) is 35.9 Å². The Hall–Kier alpha value is -7.24. The van der Waals surface area contributed by atoms with Gasteiger partial charge in [-0.15, -0.1) is 0 Å². The van der Waals surface area contributed by atoms with Crippen molar-refractivity contribution in [2.24, 2.45) is 0 Å². The summed E-state index contributed by atoms with van der Waals surface area (Å²) in [6, 6.07) is 12.8. The highest BCUT2D eigenvalue weighted by Crippen LogP contribution is 2.32. The molecule has 0 saturated carbocycles. The van der Waals surface area contributed by atoms with Gasteiger partial charge in [-0.1, -0.05) is 12.1 Å². The molecule has 1 unspecified atom stereocenters. The Labute approximate surface area is 389 Å². The standard InChI is InChI=1S/C46H44F5N9O9/c47-40(48)39-32(54-41(63)33-24-69-43(55-33)28-14-15-52-36(21-28)53-25-46(49,50)51)23-59(57-39)29-8-6-26(7-9-29)35(61)12-10-30-22-58(17-20-68-30)16-19-67-18-2-4-27-3-1-5-31-38(27)45(66)60(44(31)65)34-11-13-37(62)56-42(34)64/h1,3,5-9,14-15,21,23-24,30,34,40H,2,4,10-13,16-20,22,25H2,(H,52,53)(H,54,63)(H,56,62,64)/t30-,34?/m1/s1. The number of anilines is 2. The molecule has 3 aliphatic rings. The molecule has 0 bridgehead atoms. The number of amides is 5. The molecule has 0 spiro atoms. The van der Waals surface area contributed by atoms with E-state index in [-0.39, 0.29) is 70.9 Å². The second-order valence-corrected chi connectivity index (χ2v) is 16.4. The number of carbonyl (C=O) groups is 6. The van der Waals surface area contributed by atoms with Crippen LogP contribution in [0.4, 0.5) is 33.5 Å². The van der Waals surface area contributed by atoms with Crippen LogP contribution in [0.25, 0.3) is 17.1 Å². The van der Waals surface area contributed by atoms with Gasteiger partial charge in [0.1, 0.15) is 24.7 Å². The summed E-state index contributed by atoms with van der Waals surface area (Å²) in [6.07, 6.45) is -2.59. The van der Waals surface area contributed by atoms with E-state index in [4.69, 9.17) is 13.9 Å². The van der Waals surface area contributed by atoms with Gasteiger partial charge in [0, 0.05) is 56.4 Å². The minimum absolute atomic E-state index is 0.0402. The van der Waals surface area contributed by atoms with Crippen molar-refractivity contribution in [3.63, 3.8) is 0 Å². The van der Waals surface area contributed by atoms with E-state index < -0.39 is 60.4 Å². The van der Waals surface area contributed by atoms with Crippen molar-refractivity contribution in [1.29, 1.82) is 0 Å². The number of halogens is 5. The van der Waals surface area contributed by atoms with Crippen molar-refractivity contribution in [3.05, 3.63) is 107 Å². The van der Waals surface area contributed by atoms with E-state index in [1.54, 1.807) is 30.3 Å². The van der Waals surface area contributed by atoms with Gasteiger partial charge in [0.2, 0.25) is 17.7 Å². The van der Waals surface area contributed by atoms with Crippen molar-refractivity contribution in [3.8, 4) is 17.1 Å². The lowest BCUT2D eigenvalue weighted by Crippen LogP contribution is -2.54. The number of hydrogen-bond acceptors (Lipinski definition) is 14. The highest BCUT2D eigenvalue weighted by molar-refractivity contribution is 6.24. The Morgan fingerprint density at radius 1 is 1.01 bits per heavy atom. The van der Waals surface area contributed by atoms with Crippen molar-refractivity contribution in [2.45, 2.75) is 63.3 Å². The molecule has 69 heavy (non-hydrogen) atoms. The molecule has 8 rings (SSSR count). The third-order valence-corrected chi connectivity index (χ3v) is 11.6. The van der Waals surface area contributed by atoms with Gasteiger partial charge in [-0.3, -0.25) is 43.9 Å². The highest BCUT2D eigenvalue weighted by atomic mass is 19.4. The van der Waals surface area contributed by atoms with Crippen LogP contribution < -0.4 is 16.0 Å². The second-order valence-electron chi connectivity index (χ2n) is 16.4. The number of pyridine rings is 1. The summed E-state index contributed by atoms with van der Waals surface area (Å²) in [6.45, 7) is 1.88. The lowest BCUT2D eigenvalue weighted by Gasteiger charge is -2.32. The Bertz CT molecular complexity index is 2740. The van der Waals surface area contributed by atoms with Crippen LogP contribution in [-0.2, 0) is 25.5 Å². The molecule has 3 aromatic heterocycles. The molecule has 0 radical (unpaired) electrons. The zero-order valence-corrected chi connectivity index (χ0v) is 36.6. The van der Waals surface area contributed by atoms with Gasteiger partial charge in [0.15, 0.2) is 17.2 Å². The number of aromatic nitrogens is 4. The summed E-state index contributed by atoms with van der Waals surface area (Å²) < 4.78 is 84.3. The number of nitrogens with zero attached hydrogens (tertiary/aromatic N) is 6. The Kier molecular flexibility index (Phi) is 14.6. The fourth-order valence-corrected chi connectivity index (χ4v) is 8.17. The summed E-state index contributed by atoms with van der Waals surface area (Å²) >= 11 is 0. The summed E-state index contributed by atoms with van der Waals surface area (Å²) in [7, 11) is 0. The number of aryl methyl sites for hydroxylation is 1. The number of nitrogens with one attached hydrogen (secondary N) is 3. The molecular formula is C46H44F5N9O9. The average molecular weight is 962 g/mol. The summed E-state index contributed by atoms with van der Waals surface area (Å²) in [5.74, 6) is -3.51. The normalized spacial score (nSPS) is 17.6. The summed E-state index contributed by atoms with van der Waals surface area (Å²) in [5, 5.41) is 10.6. The first-order chi connectivity index (χ1) is 33.1. The van der Waals surface area contributed by atoms with E-state index in [1.807, 2.05) is 0 Å². The predicted octanol–water partition coefficient (Wildman–Crippen LogP) is 5.80. The minimum Gasteiger partial charge on any atom is -0.444 e. The van der Waals surface area contributed by atoms with Gasteiger partial charge >= 0.3 is 6.18 Å². The first kappa shape index (κ1) is 48.2. The molecule has 2 aromatic carbocycles. The molecule has 3 N–H and O–H groups in total. The number of hydrogen-bond donors (Lipinski definition) is 3. The number of rotatable bonds is 19. The van der Waals surface area contributed by atoms with Gasteiger partial charge in [0.25, 0.3) is 24.1 Å². The maximum Gasteiger partial charge on any atom is 0.405 e. The van der Waals surface area contributed by atoms with E-state index in [0.717, 1.165) is 15.8 Å². The maximum absolute atomic E-state index is 14.1. The van der Waals surface area contributed by atoms with E-state index in [1.165, 1.54) is 36.7 Å². The molecule has 2 saturated heterocycles. The molecule has 23 heteroatoms. The number of ether oxygens (including phenoxy) is 2. The number of fused-ring (bicyclic) bond motifs is 1. The number of oxazole rings is 1. The van der Waals surface area contributed by atoms with Gasteiger partial charge < -0.3 is 24.5 Å². The number of benzene rings is 2. The fraction of sp³-hybridized carbons (Fsp3) is 0.370. The first-order valence-electron chi connectivity index (χ1n) is 21.9. The third kappa shape index (κ3) is 11.6. The number of Topliss-reactive ketones (excluding diaryl/α,β-unsaturated/α-hetero) is 1. The van der Waals surface area contributed by atoms with Crippen LogP contribution in [0.3, 0.4) is 0 Å². The number of imide groups is 2. The van der Waals surface area contributed by atoms with Gasteiger partial charge in [-0.25, -0.2) is 23.4 Å². The van der Waals surface area contributed by atoms with E-state index in [0.29, 0.717) is 75.5 Å². The fourth-order valence-electron chi connectivity index (χ4n) is 8.17. The zero-order chi connectivity index (χ0) is 48.8. The molecule has 3 aliphatic heterocycles. The minimum atomic E-state index is -4.49.